The lowest BCUT2D eigenvalue weighted by Gasteiger charge is -2.13. The molecule has 0 bridgehead atoms. The molecule has 9 heteroatoms. The molecule has 2 aromatic heterocycles. The molecule has 0 radical (unpaired) electrons. The number of benzene rings is 1. The normalized spacial score (nSPS) is 13.2. The van der Waals surface area contributed by atoms with E-state index in [1.54, 1.807) is 31.3 Å². The van der Waals surface area contributed by atoms with Crippen LogP contribution in [-0.4, -0.2) is 37.1 Å². The van der Waals surface area contributed by atoms with Crippen LogP contribution in [0.5, 0.6) is 0 Å². The number of aliphatic carboxylic acids is 1. The van der Waals surface area contributed by atoms with Crippen LogP contribution in [0.15, 0.2) is 35.3 Å². The highest BCUT2D eigenvalue weighted by Gasteiger charge is 2.22. The number of carboxylic acids is 1. The van der Waals surface area contributed by atoms with Crippen LogP contribution < -0.4 is 10.9 Å². The van der Waals surface area contributed by atoms with E-state index in [9.17, 15) is 9.59 Å². The third-order valence-electron chi connectivity index (χ3n) is 4.58. The number of carbonyl (C=O) groups excluding carboxylic acids is 1. The number of carboxylic acid groups (broad SMARTS) is 1. The molecule has 9 nitrogen and oxygen atoms in total. The van der Waals surface area contributed by atoms with Crippen molar-refractivity contribution in [3.05, 3.63) is 57.8 Å². The first-order chi connectivity index (χ1) is 13.9. The molecule has 0 saturated carbocycles. The highest BCUT2D eigenvalue weighted by atomic mass is 16.4. The molecular formula is C20H21N5O4. The van der Waals surface area contributed by atoms with E-state index >= 15 is 0 Å². The zero-order valence-corrected chi connectivity index (χ0v) is 16.1. The van der Waals surface area contributed by atoms with E-state index < -0.39 is 11.9 Å². The molecule has 1 atom stereocenters. The van der Waals surface area contributed by atoms with Gasteiger partial charge in [0.1, 0.15) is 0 Å². The molecular weight excluding hydrogens is 374 g/mol. The minimum atomic E-state index is -0.833. The Labute approximate surface area is 166 Å². The van der Waals surface area contributed by atoms with Crippen molar-refractivity contribution in [2.75, 3.05) is 5.32 Å². The molecule has 4 rings (SSSR count). The van der Waals surface area contributed by atoms with Crippen LogP contribution in [0.4, 0.5) is 5.95 Å². The van der Waals surface area contributed by atoms with Gasteiger partial charge in [-0.2, -0.15) is 5.10 Å². The maximum absolute atomic E-state index is 12.6. The molecule has 1 aliphatic carbocycles. The van der Waals surface area contributed by atoms with Crippen LogP contribution in [-0.2, 0) is 22.4 Å². The summed E-state index contributed by atoms with van der Waals surface area (Å²) in [5, 5.41) is 17.9. The van der Waals surface area contributed by atoms with Gasteiger partial charge in [-0.3, -0.25) is 19.7 Å². The number of amides is 1. The number of fused-ring (bicyclic) bond motifs is 2. The Hall–Kier alpha value is -3.62. The largest absolute Gasteiger partial charge is 0.481 e. The van der Waals surface area contributed by atoms with Gasteiger partial charge < -0.3 is 5.11 Å². The molecule has 0 fully saturated rings. The molecule has 1 aliphatic rings. The molecule has 3 aromatic rings. The maximum Gasteiger partial charge on any atom is 0.300 e. The molecule has 150 valence electrons. The Kier molecular flexibility index (Phi) is 5.96. The van der Waals surface area contributed by atoms with E-state index in [0.717, 1.165) is 37.4 Å². The number of anilines is 1. The quantitative estimate of drug-likeness (QED) is 0.617. The molecule has 1 amide bonds. The van der Waals surface area contributed by atoms with Gasteiger partial charge >= 0.3 is 0 Å². The number of H-pyrrole nitrogens is 1. The monoisotopic (exact) mass is 395 g/mol. The summed E-state index contributed by atoms with van der Waals surface area (Å²) in [4.78, 5) is 42.1. The first-order valence-electron chi connectivity index (χ1n) is 9.19. The van der Waals surface area contributed by atoms with Crippen molar-refractivity contribution >= 4 is 28.6 Å². The number of hydrogen-bond donors (Lipinski definition) is 3. The van der Waals surface area contributed by atoms with Gasteiger partial charge in [0.25, 0.3) is 11.5 Å². The molecule has 0 saturated heterocycles. The fourth-order valence-corrected chi connectivity index (χ4v) is 3.18. The van der Waals surface area contributed by atoms with E-state index in [1.807, 2.05) is 6.07 Å². The summed E-state index contributed by atoms with van der Waals surface area (Å²) < 4.78 is 0. The summed E-state index contributed by atoms with van der Waals surface area (Å²) in [5.41, 5.74) is 2.41. The summed E-state index contributed by atoms with van der Waals surface area (Å²) in [5.74, 6) is -1.34. The number of hydrogen-bond acceptors (Lipinski definition) is 6. The lowest BCUT2D eigenvalue weighted by molar-refractivity contribution is -0.134. The molecule has 3 N–H and O–H groups in total. The van der Waals surface area contributed by atoms with E-state index in [1.165, 1.54) is 0 Å². The van der Waals surface area contributed by atoms with Crippen molar-refractivity contribution in [2.24, 2.45) is 0 Å². The Balaban J connectivity index is 0.000000552. The number of nitrogens with one attached hydrogen (secondary N) is 2. The Morgan fingerprint density at radius 1 is 1.21 bits per heavy atom. The standard InChI is InChI=1S/C18H17N5O2.C2H4O2/c1-10(15-12-6-2-3-7-13(12)17(25)23-22-15)16(24)21-18-19-9-11-5-4-8-14(11)20-18;1-2(3)4/h2-3,6-7,9-10H,4-5,8H2,1H3,(H,23,25)(H,19,20,21,24);1H3,(H,3,4). The van der Waals surface area contributed by atoms with Crippen molar-refractivity contribution in [2.45, 2.75) is 39.0 Å². The number of aromatic amines is 1. The predicted octanol–water partition coefficient (Wildman–Crippen LogP) is 2.03. The van der Waals surface area contributed by atoms with Crippen molar-refractivity contribution in [1.82, 2.24) is 20.2 Å². The Morgan fingerprint density at radius 2 is 1.90 bits per heavy atom. The molecule has 29 heavy (non-hydrogen) atoms. The second-order valence-electron chi connectivity index (χ2n) is 6.73. The highest BCUT2D eigenvalue weighted by Crippen LogP contribution is 2.23. The molecule has 0 aliphatic heterocycles. The van der Waals surface area contributed by atoms with Gasteiger partial charge in [-0.1, -0.05) is 18.2 Å². The fraction of sp³-hybridized carbons (Fsp3) is 0.300. The second kappa shape index (κ2) is 8.59. The van der Waals surface area contributed by atoms with Gasteiger partial charge in [0.2, 0.25) is 11.9 Å². The average molecular weight is 395 g/mol. The van der Waals surface area contributed by atoms with Crippen molar-refractivity contribution in [3.63, 3.8) is 0 Å². The Morgan fingerprint density at radius 3 is 2.62 bits per heavy atom. The summed E-state index contributed by atoms with van der Waals surface area (Å²) in [6, 6.07) is 7.11. The highest BCUT2D eigenvalue weighted by molar-refractivity contribution is 5.97. The summed E-state index contributed by atoms with van der Waals surface area (Å²) in [6.45, 7) is 2.83. The summed E-state index contributed by atoms with van der Waals surface area (Å²) >= 11 is 0. The smallest absolute Gasteiger partial charge is 0.300 e. The van der Waals surface area contributed by atoms with Gasteiger partial charge in [0.15, 0.2) is 0 Å². The zero-order chi connectivity index (χ0) is 21.0. The van der Waals surface area contributed by atoms with E-state index in [-0.39, 0.29) is 11.5 Å². The van der Waals surface area contributed by atoms with Gasteiger partial charge in [-0.15, -0.1) is 0 Å². The minimum absolute atomic E-state index is 0.261. The van der Waals surface area contributed by atoms with Crippen LogP contribution >= 0.6 is 0 Å². The lowest BCUT2D eigenvalue weighted by atomic mass is 10.0. The van der Waals surface area contributed by atoms with Crippen LogP contribution in [0.2, 0.25) is 0 Å². The van der Waals surface area contributed by atoms with Gasteiger partial charge in [0.05, 0.1) is 17.0 Å². The van der Waals surface area contributed by atoms with E-state index in [0.29, 0.717) is 22.4 Å². The van der Waals surface area contributed by atoms with Crippen molar-refractivity contribution in [3.8, 4) is 0 Å². The maximum atomic E-state index is 12.6. The number of rotatable bonds is 3. The molecule has 0 spiro atoms. The topological polar surface area (TPSA) is 138 Å². The number of carbonyl (C=O) groups is 2. The molecule has 1 aromatic carbocycles. The minimum Gasteiger partial charge on any atom is -0.481 e. The summed E-state index contributed by atoms with van der Waals surface area (Å²) in [6.07, 6.45) is 4.77. The Bertz CT molecular complexity index is 1120. The fourth-order valence-electron chi connectivity index (χ4n) is 3.18. The molecule has 1 unspecified atom stereocenters. The number of aromatic nitrogens is 4. The predicted molar refractivity (Wildman–Crippen MR) is 107 cm³/mol. The summed E-state index contributed by atoms with van der Waals surface area (Å²) in [7, 11) is 0. The molecule has 2 heterocycles. The van der Waals surface area contributed by atoms with Crippen LogP contribution in [0.3, 0.4) is 0 Å². The van der Waals surface area contributed by atoms with E-state index in [2.05, 4.69) is 25.5 Å². The third-order valence-corrected chi connectivity index (χ3v) is 4.58. The van der Waals surface area contributed by atoms with Crippen molar-refractivity contribution in [1.29, 1.82) is 0 Å². The van der Waals surface area contributed by atoms with Gasteiger partial charge in [-0.25, -0.2) is 15.1 Å². The van der Waals surface area contributed by atoms with Gasteiger partial charge in [-0.05, 0) is 37.8 Å². The third kappa shape index (κ3) is 4.63. The zero-order valence-electron chi connectivity index (χ0n) is 16.1. The van der Waals surface area contributed by atoms with Crippen LogP contribution in [0.1, 0.15) is 43.1 Å². The average Bonchev–Trinajstić information content (AvgIpc) is 3.15. The number of aryl methyl sites for hydroxylation is 2. The SMILES string of the molecule is CC(=O)O.CC(C(=O)Nc1ncc2c(n1)CCC2)c1n[nH]c(=O)c2ccccc12. The second-order valence-corrected chi connectivity index (χ2v) is 6.73. The van der Waals surface area contributed by atoms with Gasteiger partial charge in [0, 0.05) is 24.2 Å². The number of nitrogens with zero attached hydrogens (tertiary/aromatic N) is 3. The van der Waals surface area contributed by atoms with Crippen LogP contribution in [0.25, 0.3) is 10.8 Å². The first-order valence-corrected chi connectivity index (χ1v) is 9.19. The lowest BCUT2D eigenvalue weighted by Crippen LogP contribution is -2.23. The van der Waals surface area contributed by atoms with E-state index in [4.69, 9.17) is 9.90 Å². The van der Waals surface area contributed by atoms with Crippen molar-refractivity contribution < 1.29 is 14.7 Å². The van der Waals surface area contributed by atoms with Crippen LogP contribution in [0, 0.1) is 0 Å². The first kappa shape index (κ1) is 20.1.